The number of likely N-dealkylation sites (tertiary alicyclic amines) is 1. The first-order valence-corrected chi connectivity index (χ1v) is 8.42. The van der Waals surface area contributed by atoms with Crippen molar-refractivity contribution in [1.82, 2.24) is 10.2 Å². The highest BCUT2D eigenvalue weighted by atomic mass is 16.5. The van der Waals surface area contributed by atoms with Crippen LogP contribution in [0.25, 0.3) is 0 Å². The number of benzene rings is 2. The molecule has 3 rings (SSSR count). The van der Waals surface area contributed by atoms with Crippen LogP contribution in [0.5, 0.6) is 5.75 Å². The third-order valence-electron chi connectivity index (χ3n) is 4.25. The highest BCUT2D eigenvalue weighted by Crippen LogP contribution is 2.16. The monoisotopic (exact) mass is 335 g/mol. The third-order valence-corrected chi connectivity index (χ3v) is 4.25. The molecule has 1 heterocycles. The summed E-state index contributed by atoms with van der Waals surface area (Å²) in [6, 6.07) is 19.5. The molecule has 2 aromatic rings. The maximum absolute atomic E-state index is 12.1. The van der Waals surface area contributed by atoms with Crippen molar-refractivity contribution in [2.75, 3.05) is 19.7 Å². The molecule has 1 saturated heterocycles. The van der Waals surface area contributed by atoms with Gasteiger partial charge < -0.3 is 10.1 Å². The van der Waals surface area contributed by atoms with E-state index in [9.17, 15) is 4.79 Å². The SMILES string of the molecule is N#Cc1ccccc1OCC(=O)NC1CCN(Cc2ccccc2)C1. The normalized spacial score (nSPS) is 17.0. The minimum absolute atomic E-state index is 0.0755. The number of nitrogens with zero attached hydrogens (tertiary/aromatic N) is 2. The molecule has 0 bridgehead atoms. The first-order chi connectivity index (χ1) is 12.2. The van der Waals surface area contributed by atoms with Crippen molar-refractivity contribution in [3.63, 3.8) is 0 Å². The maximum Gasteiger partial charge on any atom is 0.258 e. The largest absolute Gasteiger partial charge is 0.482 e. The van der Waals surface area contributed by atoms with Gasteiger partial charge in [0, 0.05) is 25.7 Å². The number of para-hydroxylation sites is 1. The van der Waals surface area contributed by atoms with E-state index in [2.05, 4.69) is 28.4 Å². The Hall–Kier alpha value is -2.84. The van der Waals surface area contributed by atoms with E-state index in [1.807, 2.05) is 18.2 Å². The van der Waals surface area contributed by atoms with Crippen LogP contribution in [-0.4, -0.2) is 36.5 Å². The Bertz CT molecular complexity index is 755. The summed E-state index contributed by atoms with van der Waals surface area (Å²) in [7, 11) is 0. The second-order valence-electron chi connectivity index (χ2n) is 6.17. The number of amides is 1. The van der Waals surface area contributed by atoms with E-state index in [0.717, 1.165) is 26.1 Å². The molecule has 0 saturated carbocycles. The van der Waals surface area contributed by atoms with E-state index in [4.69, 9.17) is 10.00 Å². The lowest BCUT2D eigenvalue weighted by molar-refractivity contribution is -0.123. The zero-order valence-corrected chi connectivity index (χ0v) is 14.0. The smallest absolute Gasteiger partial charge is 0.258 e. The van der Waals surface area contributed by atoms with Crippen molar-refractivity contribution >= 4 is 5.91 Å². The van der Waals surface area contributed by atoms with E-state index in [1.165, 1.54) is 5.56 Å². The third kappa shape index (κ3) is 4.82. The average Bonchev–Trinajstić information content (AvgIpc) is 3.07. The zero-order valence-electron chi connectivity index (χ0n) is 14.0. The van der Waals surface area contributed by atoms with Crippen molar-refractivity contribution in [2.45, 2.75) is 19.0 Å². The Morgan fingerprint density at radius 1 is 1.20 bits per heavy atom. The Kier molecular flexibility index (Phi) is 5.65. The fourth-order valence-electron chi connectivity index (χ4n) is 3.03. The standard InChI is InChI=1S/C20H21N3O2/c21-12-17-8-4-5-9-19(17)25-15-20(24)22-18-10-11-23(14-18)13-16-6-2-1-3-7-16/h1-9,18H,10-11,13-15H2,(H,22,24). The number of nitriles is 1. The fourth-order valence-corrected chi connectivity index (χ4v) is 3.03. The van der Waals surface area contributed by atoms with Gasteiger partial charge in [0.25, 0.3) is 5.91 Å². The number of nitrogens with one attached hydrogen (secondary N) is 1. The molecule has 25 heavy (non-hydrogen) atoms. The molecule has 0 radical (unpaired) electrons. The molecule has 0 spiro atoms. The van der Waals surface area contributed by atoms with Gasteiger partial charge in [0.15, 0.2) is 6.61 Å². The van der Waals surface area contributed by atoms with Gasteiger partial charge in [-0.3, -0.25) is 9.69 Å². The number of hydrogen-bond acceptors (Lipinski definition) is 4. The van der Waals surface area contributed by atoms with E-state index in [-0.39, 0.29) is 18.6 Å². The minimum Gasteiger partial charge on any atom is -0.482 e. The second-order valence-corrected chi connectivity index (χ2v) is 6.17. The molecular weight excluding hydrogens is 314 g/mol. The first-order valence-electron chi connectivity index (χ1n) is 8.42. The molecule has 2 aromatic carbocycles. The molecule has 1 aliphatic rings. The lowest BCUT2D eigenvalue weighted by Crippen LogP contribution is -2.39. The molecule has 0 aromatic heterocycles. The van der Waals surface area contributed by atoms with Gasteiger partial charge in [-0.1, -0.05) is 42.5 Å². The number of carbonyl (C=O) groups is 1. The average molecular weight is 335 g/mol. The highest BCUT2D eigenvalue weighted by molar-refractivity contribution is 5.78. The van der Waals surface area contributed by atoms with Crippen LogP contribution in [0.15, 0.2) is 54.6 Å². The number of rotatable bonds is 6. The molecule has 0 aliphatic carbocycles. The number of ether oxygens (including phenoxy) is 1. The summed E-state index contributed by atoms with van der Waals surface area (Å²) in [5.41, 5.74) is 1.72. The van der Waals surface area contributed by atoms with Gasteiger partial charge in [-0.2, -0.15) is 5.26 Å². The van der Waals surface area contributed by atoms with Crippen molar-refractivity contribution in [1.29, 1.82) is 5.26 Å². The first kappa shape index (κ1) is 17.0. The van der Waals surface area contributed by atoms with Crippen LogP contribution in [0.4, 0.5) is 0 Å². The summed E-state index contributed by atoms with van der Waals surface area (Å²) < 4.78 is 5.47. The molecular formula is C20H21N3O2. The highest BCUT2D eigenvalue weighted by Gasteiger charge is 2.23. The molecule has 1 fully saturated rings. The summed E-state index contributed by atoms with van der Waals surface area (Å²) in [5, 5.41) is 12.0. The van der Waals surface area contributed by atoms with Crippen molar-refractivity contribution < 1.29 is 9.53 Å². The minimum atomic E-state index is -0.153. The molecule has 1 N–H and O–H groups in total. The molecule has 1 aliphatic heterocycles. The van der Waals surface area contributed by atoms with Gasteiger partial charge in [0.1, 0.15) is 11.8 Å². The molecule has 128 valence electrons. The van der Waals surface area contributed by atoms with Crippen LogP contribution >= 0.6 is 0 Å². The Labute approximate surface area is 147 Å². The fraction of sp³-hybridized carbons (Fsp3) is 0.300. The molecule has 5 nitrogen and oxygen atoms in total. The van der Waals surface area contributed by atoms with Crippen molar-refractivity contribution in [3.05, 3.63) is 65.7 Å². The number of carbonyl (C=O) groups excluding carboxylic acids is 1. The lowest BCUT2D eigenvalue weighted by atomic mass is 10.2. The van der Waals surface area contributed by atoms with Gasteiger partial charge >= 0.3 is 0 Å². The van der Waals surface area contributed by atoms with Crippen LogP contribution < -0.4 is 10.1 Å². The lowest BCUT2D eigenvalue weighted by Gasteiger charge is -2.17. The predicted molar refractivity (Wildman–Crippen MR) is 94.9 cm³/mol. The topological polar surface area (TPSA) is 65.4 Å². The van der Waals surface area contributed by atoms with Crippen molar-refractivity contribution in [3.8, 4) is 11.8 Å². The van der Waals surface area contributed by atoms with Crippen LogP contribution in [0.1, 0.15) is 17.5 Å². The van der Waals surface area contributed by atoms with Crippen LogP contribution in [-0.2, 0) is 11.3 Å². The Balaban J connectivity index is 1.44. The molecule has 1 unspecified atom stereocenters. The van der Waals surface area contributed by atoms with Gasteiger partial charge in [-0.15, -0.1) is 0 Å². The summed E-state index contributed by atoms with van der Waals surface area (Å²) in [6.07, 6.45) is 0.938. The van der Waals surface area contributed by atoms with Gasteiger partial charge in [0.05, 0.1) is 5.56 Å². The van der Waals surface area contributed by atoms with Crippen LogP contribution in [0, 0.1) is 11.3 Å². The number of hydrogen-bond donors (Lipinski definition) is 1. The maximum atomic E-state index is 12.1. The van der Waals surface area contributed by atoms with E-state index < -0.39 is 0 Å². The quantitative estimate of drug-likeness (QED) is 0.880. The van der Waals surface area contributed by atoms with Gasteiger partial charge in [0.2, 0.25) is 0 Å². The summed E-state index contributed by atoms with van der Waals surface area (Å²) in [4.78, 5) is 14.4. The predicted octanol–water partition coefficient (Wildman–Crippen LogP) is 2.33. The van der Waals surface area contributed by atoms with Crippen LogP contribution in [0.2, 0.25) is 0 Å². The Morgan fingerprint density at radius 2 is 1.96 bits per heavy atom. The van der Waals surface area contributed by atoms with E-state index >= 15 is 0 Å². The summed E-state index contributed by atoms with van der Waals surface area (Å²) in [6.45, 7) is 2.64. The van der Waals surface area contributed by atoms with E-state index in [1.54, 1.807) is 24.3 Å². The zero-order chi connectivity index (χ0) is 17.5. The molecule has 1 amide bonds. The van der Waals surface area contributed by atoms with Crippen LogP contribution in [0.3, 0.4) is 0 Å². The molecule has 1 atom stereocenters. The van der Waals surface area contributed by atoms with Gasteiger partial charge in [-0.25, -0.2) is 0 Å². The summed E-state index contributed by atoms with van der Waals surface area (Å²) >= 11 is 0. The van der Waals surface area contributed by atoms with Gasteiger partial charge in [-0.05, 0) is 24.1 Å². The summed E-state index contributed by atoms with van der Waals surface area (Å²) in [5.74, 6) is 0.289. The second kappa shape index (κ2) is 8.32. The van der Waals surface area contributed by atoms with E-state index in [0.29, 0.717) is 11.3 Å². The van der Waals surface area contributed by atoms with Crippen molar-refractivity contribution in [2.24, 2.45) is 0 Å². The molecule has 5 heteroatoms. The Morgan fingerprint density at radius 3 is 2.76 bits per heavy atom.